The van der Waals surface area contributed by atoms with Crippen LogP contribution in [0.2, 0.25) is 0 Å². The third kappa shape index (κ3) is 4.87. The molecular weight excluding hydrogens is 257 g/mol. The van der Waals surface area contributed by atoms with E-state index in [4.69, 9.17) is 0 Å². The maximum absolute atomic E-state index is 13.4. The fourth-order valence-electron chi connectivity index (χ4n) is 1.11. The molecular formula is C11H16FN3O2S. The van der Waals surface area contributed by atoms with Gasteiger partial charge >= 0.3 is 5.97 Å². The monoisotopic (exact) mass is 273 g/mol. The average molecular weight is 273 g/mol. The van der Waals surface area contributed by atoms with Crippen molar-refractivity contribution in [3.05, 3.63) is 12.0 Å². The number of anilines is 1. The molecule has 0 unspecified atom stereocenters. The molecule has 1 aromatic rings. The number of hydrogen-bond acceptors (Lipinski definition) is 6. The van der Waals surface area contributed by atoms with E-state index in [0.29, 0.717) is 11.7 Å². The van der Waals surface area contributed by atoms with E-state index in [1.807, 2.05) is 6.92 Å². The second kappa shape index (κ2) is 7.86. The number of nitrogens with one attached hydrogen (secondary N) is 1. The van der Waals surface area contributed by atoms with Crippen molar-refractivity contribution in [1.29, 1.82) is 0 Å². The van der Waals surface area contributed by atoms with Crippen LogP contribution in [0, 0.1) is 5.82 Å². The maximum atomic E-state index is 13.4. The van der Waals surface area contributed by atoms with Crippen LogP contribution in [-0.2, 0) is 9.53 Å². The molecule has 7 heteroatoms. The molecule has 0 aliphatic heterocycles. The van der Waals surface area contributed by atoms with E-state index in [-0.39, 0.29) is 17.4 Å². The second-order valence-electron chi connectivity index (χ2n) is 3.45. The molecule has 0 radical (unpaired) electrons. The molecule has 1 N–H and O–H groups in total. The Balaban J connectivity index is 2.55. The first-order valence-corrected chi connectivity index (χ1v) is 6.62. The third-order valence-corrected chi connectivity index (χ3v) is 2.99. The standard InChI is InChI=1S/C11H16FN3O2S/c1-3-5-13-11-14-7-8(12)10(15-11)18-6-4-9(16)17-2/h7H,3-6H2,1-2H3,(H,13,14,15). The lowest BCUT2D eigenvalue weighted by atomic mass is 10.5. The molecule has 1 heterocycles. The molecule has 0 atom stereocenters. The summed E-state index contributed by atoms with van der Waals surface area (Å²) in [5, 5.41) is 3.22. The number of hydrogen-bond donors (Lipinski definition) is 1. The molecule has 18 heavy (non-hydrogen) atoms. The summed E-state index contributed by atoms with van der Waals surface area (Å²) in [6.07, 6.45) is 2.29. The average Bonchev–Trinajstić information content (AvgIpc) is 2.39. The van der Waals surface area contributed by atoms with Crippen LogP contribution in [0.4, 0.5) is 10.3 Å². The fourth-order valence-corrected chi connectivity index (χ4v) is 1.91. The molecule has 1 rings (SSSR count). The first-order valence-electron chi connectivity index (χ1n) is 5.63. The van der Waals surface area contributed by atoms with Gasteiger partial charge in [-0.15, -0.1) is 11.8 Å². The zero-order valence-electron chi connectivity index (χ0n) is 10.4. The summed E-state index contributed by atoms with van der Waals surface area (Å²) >= 11 is 1.17. The van der Waals surface area contributed by atoms with Gasteiger partial charge < -0.3 is 10.1 Å². The fraction of sp³-hybridized carbons (Fsp3) is 0.545. The predicted octanol–water partition coefficient (Wildman–Crippen LogP) is 2.09. The number of thioether (sulfide) groups is 1. The van der Waals surface area contributed by atoms with Gasteiger partial charge in [-0.1, -0.05) is 6.92 Å². The minimum Gasteiger partial charge on any atom is -0.469 e. The van der Waals surface area contributed by atoms with E-state index in [1.54, 1.807) is 0 Å². The van der Waals surface area contributed by atoms with E-state index in [2.05, 4.69) is 20.0 Å². The molecule has 0 aliphatic carbocycles. The van der Waals surface area contributed by atoms with Gasteiger partial charge in [0.15, 0.2) is 5.82 Å². The number of methoxy groups -OCH3 is 1. The van der Waals surface area contributed by atoms with E-state index in [9.17, 15) is 9.18 Å². The van der Waals surface area contributed by atoms with Crippen molar-refractivity contribution < 1.29 is 13.9 Å². The highest BCUT2D eigenvalue weighted by atomic mass is 32.2. The first kappa shape index (κ1) is 14.7. The quantitative estimate of drug-likeness (QED) is 0.466. The number of halogens is 1. The Hall–Kier alpha value is -1.37. The largest absolute Gasteiger partial charge is 0.469 e. The molecule has 0 amide bonds. The number of carbonyl (C=O) groups is 1. The van der Waals surface area contributed by atoms with Crippen molar-refractivity contribution in [2.24, 2.45) is 0 Å². The number of carbonyl (C=O) groups excluding carboxylic acids is 1. The van der Waals surface area contributed by atoms with Crippen molar-refractivity contribution in [1.82, 2.24) is 9.97 Å². The maximum Gasteiger partial charge on any atom is 0.306 e. The summed E-state index contributed by atoms with van der Waals surface area (Å²) in [4.78, 5) is 18.8. The van der Waals surface area contributed by atoms with Gasteiger partial charge in [-0.05, 0) is 6.42 Å². The molecule has 0 saturated heterocycles. The van der Waals surface area contributed by atoms with E-state index in [0.717, 1.165) is 19.2 Å². The smallest absolute Gasteiger partial charge is 0.306 e. The molecule has 5 nitrogen and oxygen atoms in total. The van der Waals surface area contributed by atoms with Gasteiger partial charge in [0.25, 0.3) is 0 Å². The lowest BCUT2D eigenvalue weighted by molar-refractivity contribution is -0.140. The van der Waals surface area contributed by atoms with Crippen molar-refractivity contribution in [3.63, 3.8) is 0 Å². The van der Waals surface area contributed by atoms with E-state index in [1.165, 1.54) is 18.9 Å². The number of esters is 1. The lowest BCUT2D eigenvalue weighted by Crippen LogP contribution is -2.06. The second-order valence-corrected chi connectivity index (χ2v) is 4.53. The SMILES string of the molecule is CCCNc1ncc(F)c(SCCC(=O)OC)n1. The lowest BCUT2D eigenvalue weighted by Gasteiger charge is -2.06. The Bertz CT molecular complexity index is 404. The summed E-state index contributed by atoms with van der Waals surface area (Å²) in [6, 6.07) is 0. The Morgan fingerprint density at radius 2 is 2.39 bits per heavy atom. The molecule has 0 spiro atoms. The number of aromatic nitrogens is 2. The Kier molecular flexibility index (Phi) is 6.42. The van der Waals surface area contributed by atoms with E-state index < -0.39 is 5.82 Å². The van der Waals surface area contributed by atoms with Gasteiger partial charge in [-0.25, -0.2) is 14.4 Å². The van der Waals surface area contributed by atoms with Crippen LogP contribution in [0.5, 0.6) is 0 Å². The first-order chi connectivity index (χ1) is 8.67. The van der Waals surface area contributed by atoms with Crippen LogP contribution in [0.25, 0.3) is 0 Å². The van der Waals surface area contributed by atoms with E-state index >= 15 is 0 Å². The minimum absolute atomic E-state index is 0.225. The topological polar surface area (TPSA) is 64.1 Å². The summed E-state index contributed by atoms with van der Waals surface area (Å²) in [5.41, 5.74) is 0. The number of rotatable bonds is 7. The zero-order valence-corrected chi connectivity index (χ0v) is 11.2. The van der Waals surface area contributed by atoms with Crippen LogP contribution in [0.15, 0.2) is 11.2 Å². The van der Waals surface area contributed by atoms with Crippen molar-refractivity contribution in [2.45, 2.75) is 24.8 Å². The summed E-state index contributed by atoms with van der Waals surface area (Å²) < 4.78 is 17.9. The Morgan fingerprint density at radius 1 is 1.61 bits per heavy atom. The van der Waals surface area contributed by atoms with Gasteiger partial charge in [-0.3, -0.25) is 4.79 Å². The molecule has 0 aromatic carbocycles. The Morgan fingerprint density at radius 3 is 3.06 bits per heavy atom. The van der Waals surface area contributed by atoms with Crippen molar-refractivity contribution in [2.75, 3.05) is 24.7 Å². The molecule has 100 valence electrons. The highest BCUT2D eigenvalue weighted by Gasteiger charge is 2.09. The van der Waals surface area contributed by atoms with Crippen LogP contribution in [-0.4, -0.2) is 35.3 Å². The molecule has 0 saturated carbocycles. The van der Waals surface area contributed by atoms with Crippen LogP contribution >= 0.6 is 11.8 Å². The molecule has 0 aliphatic rings. The Labute approximate surface area is 110 Å². The summed E-state index contributed by atoms with van der Waals surface area (Å²) in [7, 11) is 1.32. The number of ether oxygens (including phenoxy) is 1. The summed E-state index contributed by atoms with van der Waals surface area (Å²) in [6.45, 7) is 2.75. The van der Waals surface area contributed by atoms with Gasteiger partial charge in [0.1, 0.15) is 5.03 Å². The molecule has 0 bridgehead atoms. The van der Waals surface area contributed by atoms with Crippen molar-refractivity contribution in [3.8, 4) is 0 Å². The third-order valence-electron chi connectivity index (χ3n) is 2.02. The minimum atomic E-state index is -0.480. The van der Waals surface area contributed by atoms with Gasteiger partial charge in [0.2, 0.25) is 5.95 Å². The summed E-state index contributed by atoms with van der Waals surface area (Å²) in [5.74, 6) is 0.0282. The zero-order chi connectivity index (χ0) is 13.4. The normalized spacial score (nSPS) is 10.2. The van der Waals surface area contributed by atoms with Crippen LogP contribution in [0.1, 0.15) is 19.8 Å². The highest BCUT2D eigenvalue weighted by molar-refractivity contribution is 7.99. The van der Waals surface area contributed by atoms with Crippen LogP contribution in [0.3, 0.4) is 0 Å². The predicted molar refractivity (Wildman–Crippen MR) is 68.1 cm³/mol. The molecule has 1 aromatic heterocycles. The van der Waals surface area contributed by atoms with Crippen molar-refractivity contribution >= 4 is 23.7 Å². The van der Waals surface area contributed by atoms with Gasteiger partial charge in [0.05, 0.1) is 19.7 Å². The van der Waals surface area contributed by atoms with Gasteiger partial charge in [-0.2, -0.15) is 0 Å². The number of nitrogens with zero attached hydrogens (tertiary/aromatic N) is 2. The van der Waals surface area contributed by atoms with Crippen LogP contribution < -0.4 is 5.32 Å². The molecule has 0 fully saturated rings. The van der Waals surface area contributed by atoms with Gasteiger partial charge in [0, 0.05) is 12.3 Å². The highest BCUT2D eigenvalue weighted by Crippen LogP contribution is 2.20.